The first kappa shape index (κ1) is 59.7. The van der Waals surface area contributed by atoms with Crippen LogP contribution in [-0.4, -0.2) is 93.5 Å². The fourth-order valence-corrected chi connectivity index (χ4v) is 8.56. The number of nitrogens with zero attached hydrogens (tertiary/aromatic N) is 5. The van der Waals surface area contributed by atoms with Crippen molar-refractivity contribution >= 4 is 119 Å². The second-order valence-electron chi connectivity index (χ2n) is 11.5. The number of sulfone groups is 1. The topological polar surface area (TPSA) is 389 Å². The molecule has 0 unspecified atom stereocenters. The summed E-state index contributed by atoms with van der Waals surface area (Å²) in [7, 11) is -25.7. The predicted molar refractivity (Wildman–Crippen MR) is 198 cm³/mol. The third-order valence-electron chi connectivity index (χ3n) is 7.27. The molecule has 63 heavy (non-hydrogen) atoms. The van der Waals surface area contributed by atoms with Gasteiger partial charge in [-0.2, -0.15) is 20.1 Å². The number of benzene rings is 4. The van der Waals surface area contributed by atoms with Crippen molar-refractivity contribution in [3.05, 3.63) is 72.0 Å². The molecule has 0 fully saturated rings. The van der Waals surface area contributed by atoms with Crippen LogP contribution in [-0.2, 0) is 59.6 Å². The first-order valence-electron chi connectivity index (χ1n) is 15.4. The summed E-state index contributed by atoms with van der Waals surface area (Å²) >= 11 is 6.08. The number of hydrogen-bond acceptors (Lipinski definition) is 23. The minimum Gasteiger partial charge on any atom is -0.744 e. The van der Waals surface area contributed by atoms with Gasteiger partial charge in [0.05, 0.1) is 43.3 Å². The number of halogens is 1. The molecule has 0 saturated carbocycles. The number of fused-ring (bicyclic) bond motifs is 1. The second kappa shape index (κ2) is 23.6. The molecular weight excluding hydrogens is 1000 g/mol. The van der Waals surface area contributed by atoms with Gasteiger partial charge in [0.25, 0.3) is 0 Å². The minimum atomic E-state index is -5.59. The van der Waals surface area contributed by atoms with E-state index in [4.69, 9.17) is 11.6 Å². The van der Waals surface area contributed by atoms with Crippen molar-refractivity contribution in [1.82, 2.24) is 15.0 Å². The quantitative estimate of drug-likeness (QED) is 0.0379. The van der Waals surface area contributed by atoms with Gasteiger partial charge in [-0.1, -0.05) is 0 Å². The van der Waals surface area contributed by atoms with E-state index >= 15 is 0 Å². The van der Waals surface area contributed by atoms with Gasteiger partial charge in [0, 0.05) is 29.1 Å². The van der Waals surface area contributed by atoms with E-state index in [-0.39, 0.29) is 169 Å². The zero-order valence-electron chi connectivity index (χ0n) is 33.0. The van der Waals surface area contributed by atoms with Crippen molar-refractivity contribution in [2.75, 3.05) is 28.3 Å². The van der Waals surface area contributed by atoms with Gasteiger partial charge in [-0.3, -0.25) is 8.98 Å². The van der Waals surface area contributed by atoms with E-state index in [0.29, 0.717) is 12.1 Å². The molecule has 24 nitrogen and oxygen atoms in total. The summed E-state index contributed by atoms with van der Waals surface area (Å²) in [6, 6.07) is 10.9. The summed E-state index contributed by atoms with van der Waals surface area (Å²) in [6.07, 6.45) is 0. The van der Waals surface area contributed by atoms with E-state index < -0.39 is 100 Å². The second-order valence-corrected chi connectivity index (χ2v) is 19.1. The van der Waals surface area contributed by atoms with Crippen molar-refractivity contribution in [3.8, 4) is 0 Å². The molecule has 0 radical (unpaired) electrons. The smallest absolute Gasteiger partial charge is 0.744 e. The molecule has 4 aromatic carbocycles. The summed E-state index contributed by atoms with van der Waals surface area (Å²) in [5, 5.41) is 13.9. The number of nitrogens with one attached hydrogen (secondary N) is 3. The fraction of sp³-hybridized carbons (Fsp3) is 0.103. The van der Waals surface area contributed by atoms with Gasteiger partial charge in [-0.25, -0.2) is 42.1 Å². The first-order valence-corrected chi connectivity index (χ1v) is 23.0. The molecule has 1 heterocycles. The predicted octanol–water partition coefficient (Wildman–Crippen LogP) is -9.48. The van der Waals surface area contributed by atoms with Crippen molar-refractivity contribution < 1.29 is 188 Å². The number of rotatable bonds is 15. The SMILES string of the molecule is CC(=O)Nc1cc(Nc2nc(Cl)nc(Nc3ccc(S(=O)(=O)CCOS(=O)(=O)[O-])cc3)n2)ccc1N=Nc1cc(S(=O)(=O)[O-])c2cc(S(=O)(=O)[O-])cc(S(=O)(=O)[O-])c2c1.[Na+].[Na+].[Na+].[Na+]. The van der Waals surface area contributed by atoms with Gasteiger partial charge in [-0.15, -0.1) is 5.11 Å². The van der Waals surface area contributed by atoms with Crippen molar-refractivity contribution in [2.24, 2.45) is 10.2 Å². The van der Waals surface area contributed by atoms with E-state index in [0.717, 1.165) is 13.0 Å². The molecule has 3 N–H and O–H groups in total. The van der Waals surface area contributed by atoms with Crippen LogP contribution in [0.2, 0.25) is 5.28 Å². The maximum Gasteiger partial charge on any atom is 1.00 e. The number of aromatic nitrogens is 3. The Hall–Kier alpha value is -1.34. The van der Waals surface area contributed by atoms with Crippen molar-refractivity contribution in [3.63, 3.8) is 0 Å². The average molecular weight is 1030 g/mol. The van der Waals surface area contributed by atoms with Crippen molar-refractivity contribution in [1.29, 1.82) is 0 Å². The summed E-state index contributed by atoms with van der Waals surface area (Å²) in [6.45, 7) is 0.251. The van der Waals surface area contributed by atoms with Gasteiger partial charge in [0.15, 0.2) is 9.84 Å². The molecule has 34 heteroatoms. The van der Waals surface area contributed by atoms with Gasteiger partial charge in [-0.05, 0) is 78.3 Å². The molecule has 1 aromatic heterocycles. The van der Waals surface area contributed by atoms with Crippen LogP contribution >= 0.6 is 11.6 Å². The Bertz CT molecular complexity index is 3140. The van der Waals surface area contributed by atoms with E-state index in [2.05, 4.69) is 45.3 Å². The van der Waals surface area contributed by atoms with E-state index in [1.807, 2.05) is 0 Å². The molecule has 0 spiro atoms. The minimum absolute atomic E-state index is 0. The maximum atomic E-state index is 12.4. The van der Waals surface area contributed by atoms with Crippen LogP contribution in [0.5, 0.6) is 0 Å². The van der Waals surface area contributed by atoms with Gasteiger partial charge < -0.3 is 34.2 Å². The molecule has 1 amide bonds. The third kappa shape index (κ3) is 17.0. The summed E-state index contributed by atoms with van der Waals surface area (Å²) in [5.41, 5.74) is -0.262. The third-order valence-corrected chi connectivity index (χ3v) is 12.2. The number of carbonyl (C=O) groups is 1. The van der Waals surface area contributed by atoms with Gasteiger partial charge in [0.1, 0.15) is 36.0 Å². The van der Waals surface area contributed by atoms with Crippen molar-refractivity contribution in [2.45, 2.75) is 26.5 Å². The summed E-state index contributed by atoms with van der Waals surface area (Å²) < 4.78 is 168. The van der Waals surface area contributed by atoms with Gasteiger partial charge in [0.2, 0.25) is 33.5 Å². The number of anilines is 5. The Labute approximate surface area is 452 Å². The van der Waals surface area contributed by atoms with Crippen LogP contribution < -0.4 is 134 Å². The molecular formula is C29H21ClN8Na4O16S5. The van der Waals surface area contributed by atoms with Crippen LogP contribution in [0, 0.1) is 0 Å². The van der Waals surface area contributed by atoms with Crippen LogP contribution in [0.25, 0.3) is 10.8 Å². The number of amides is 1. The Kier molecular flexibility index (Phi) is 22.3. The molecule has 0 saturated heterocycles. The van der Waals surface area contributed by atoms with E-state index in [1.54, 1.807) is 0 Å². The van der Waals surface area contributed by atoms with Crippen LogP contribution in [0.1, 0.15) is 6.92 Å². The Balaban J connectivity index is 0.00000496. The zero-order chi connectivity index (χ0) is 43.7. The Morgan fingerprint density at radius 2 is 1.17 bits per heavy atom. The molecule has 0 aliphatic carbocycles. The Morgan fingerprint density at radius 1 is 0.651 bits per heavy atom. The van der Waals surface area contributed by atoms with E-state index in [9.17, 15) is 65.1 Å². The zero-order valence-corrected chi connectivity index (χ0v) is 45.8. The summed E-state index contributed by atoms with van der Waals surface area (Å²) in [4.78, 5) is 20.0. The number of carbonyl (C=O) groups excluding carboxylic acids is 1. The molecule has 0 aliphatic heterocycles. The van der Waals surface area contributed by atoms with Crippen LogP contribution in [0.3, 0.4) is 0 Å². The average Bonchev–Trinajstić information content (AvgIpc) is 3.08. The van der Waals surface area contributed by atoms with E-state index in [1.165, 1.54) is 42.5 Å². The first-order chi connectivity index (χ1) is 27.2. The normalized spacial score (nSPS) is 12.0. The number of azo groups is 1. The number of hydrogen-bond donors (Lipinski definition) is 3. The maximum absolute atomic E-state index is 12.4. The molecule has 5 aromatic rings. The molecule has 314 valence electrons. The monoisotopic (exact) mass is 1020 g/mol. The standard InChI is InChI=1S/C29H25ClN8O16S5.4Na/c1-15(39)31-24-11-17(33-29-35-27(30)34-28(36-29)32-16-2-5-19(6-3-16)55(40,41)9-8-54-59(51,52)53)4-7-23(24)38-37-18-10-21-22(25(12-18)57(45,46)47)13-20(56(42,43)44)14-26(21)58(48,49)50;;;;/h2-7,10-14H,8-9H2,1H3,(H,31,39)(H,42,43,44)(H,45,46,47)(H,48,49,50)(H,51,52,53)(H2,32,33,34,35,36);;;;/q;4*+1/p-4. The molecule has 0 atom stereocenters. The molecule has 5 rings (SSSR count). The fourth-order valence-electron chi connectivity index (χ4n) is 4.90. The Morgan fingerprint density at radius 3 is 1.70 bits per heavy atom. The largest absolute Gasteiger partial charge is 1.00 e. The van der Waals surface area contributed by atoms with Gasteiger partial charge >= 0.3 is 118 Å². The molecule has 0 bridgehead atoms. The summed E-state index contributed by atoms with van der Waals surface area (Å²) in [5.74, 6) is -1.72. The van der Waals surface area contributed by atoms with Crippen LogP contribution in [0.15, 0.2) is 96.5 Å². The van der Waals surface area contributed by atoms with Crippen LogP contribution in [0.4, 0.5) is 40.3 Å². The molecule has 0 aliphatic rings.